The Labute approximate surface area is 106 Å². The normalized spacial score (nSPS) is 10.1. The largest absolute Gasteiger partial charge is 0.354 e. The molecule has 1 aromatic rings. The number of amides is 1. The van der Waals surface area contributed by atoms with Crippen LogP contribution in [0.5, 0.6) is 0 Å². The molecule has 0 saturated carbocycles. The van der Waals surface area contributed by atoms with Crippen LogP contribution in [0.15, 0.2) is 24.3 Å². The molecule has 0 fully saturated rings. The molecule has 1 N–H and O–H groups in total. The maximum absolute atomic E-state index is 11.8. The van der Waals surface area contributed by atoms with Gasteiger partial charge in [0.05, 0.1) is 19.0 Å². The lowest BCUT2D eigenvalue weighted by Crippen LogP contribution is -2.34. The number of nitrogens with one attached hydrogen (secondary N) is 1. The smallest absolute Gasteiger partial charge is 0.251 e. The summed E-state index contributed by atoms with van der Waals surface area (Å²) >= 11 is 0. The van der Waals surface area contributed by atoms with Gasteiger partial charge in [-0.2, -0.15) is 5.26 Å². The Kier molecular flexibility index (Phi) is 5.85. The van der Waals surface area contributed by atoms with Crippen LogP contribution >= 0.6 is 0 Å². The van der Waals surface area contributed by atoms with Gasteiger partial charge < -0.3 is 14.8 Å². The molecule has 0 spiro atoms. The van der Waals surface area contributed by atoms with E-state index in [-0.39, 0.29) is 12.5 Å². The highest BCUT2D eigenvalue weighted by Gasteiger charge is 2.09. The van der Waals surface area contributed by atoms with Gasteiger partial charge in [0.15, 0.2) is 6.29 Å². The average molecular weight is 248 g/mol. The summed E-state index contributed by atoms with van der Waals surface area (Å²) in [4.78, 5) is 11.8. The molecule has 0 heterocycles. The lowest BCUT2D eigenvalue weighted by Gasteiger charge is -2.14. The van der Waals surface area contributed by atoms with Crippen LogP contribution in [0.3, 0.4) is 0 Å². The van der Waals surface area contributed by atoms with E-state index in [1.54, 1.807) is 24.3 Å². The molecule has 0 radical (unpaired) electrons. The fourth-order valence-corrected chi connectivity index (χ4v) is 1.41. The molecule has 0 unspecified atom stereocenters. The van der Waals surface area contributed by atoms with Gasteiger partial charge in [0.1, 0.15) is 0 Å². The molecule has 0 saturated heterocycles. The van der Waals surface area contributed by atoms with Gasteiger partial charge in [0.2, 0.25) is 0 Å². The molecule has 5 nitrogen and oxygen atoms in total. The highest BCUT2D eigenvalue weighted by molar-refractivity contribution is 5.94. The van der Waals surface area contributed by atoms with Crippen molar-refractivity contribution >= 4 is 5.91 Å². The van der Waals surface area contributed by atoms with Gasteiger partial charge in [0, 0.05) is 19.8 Å². The molecular formula is C13H16N2O3. The molecule has 0 aliphatic carbocycles. The lowest BCUT2D eigenvalue weighted by molar-refractivity contribution is -0.0974. The molecule has 1 aromatic carbocycles. The third-order valence-electron chi connectivity index (χ3n) is 2.45. The van der Waals surface area contributed by atoms with E-state index in [2.05, 4.69) is 11.4 Å². The van der Waals surface area contributed by atoms with Gasteiger partial charge in [-0.1, -0.05) is 12.1 Å². The summed E-state index contributed by atoms with van der Waals surface area (Å²) in [5, 5.41) is 11.2. The summed E-state index contributed by atoms with van der Waals surface area (Å²) in [6.07, 6.45) is -0.107. The topological polar surface area (TPSA) is 71.3 Å². The van der Waals surface area contributed by atoms with Crippen molar-refractivity contribution in [2.45, 2.75) is 12.7 Å². The molecule has 96 valence electrons. The zero-order valence-corrected chi connectivity index (χ0v) is 10.5. The first-order valence-electron chi connectivity index (χ1n) is 5.51. The van der Waals surface area contributed by atoms with Crippen LogP contribution in [0.2, 0.25) is 0 Å². The van der Waals surface area contributed by atoms with Crippen molar-refractivity contribution in [1.82, 2.24) is 5.32 Å². The second-order valence-electron chi connectivity index (χ2n) is 3.64. The van der Waals surface area contributed by atoms with Crippen molar-refractivity contribution in [2.75, 3.05) is 20.8 Å². The summed E-state index contributed by atoms with van der Waals surface area (Å²) in [5.41, 5.74) is 1.43. The Morgan fingerprint density at radius 1 is 1.33 bits per heavy atom. The number of benzene rings is 1. The highest BCUT2D eigenvalue weighted by atomic mass is 16.7. The third kappa shape index (κ3) is 4.17. The number of nitrogens with zero attached hydrogens (tertiary/aromatic N) is 1. The van der Waals surface area contributed by atoms with Crippen molar-refractivity contribution < 1.29 is 14.3 Å². The fourth-order valence-electron chi connectivity index (χ4n) is 1.41. The summed E-state index contributed by atoms with van der Waals surface area (Å²) in [5.74, 6) is -0.197. The quantitative estimate of drug-likeness (QED) is 0.765. The number of carbonyl (C=O) groups excluding carboxylic acids is 1. The second kappa shape index (κ2) is 7.43. The van der Waals surface area contributed by atoms with Crippen LogP contribution in [0.1, 0.15) is 15.9 Å². The van der Waals surface area contributed by atoms with Gasteiger partial charge in [-0.25, -0.2) is 0 Å². The zero-order valence-electron chi connectivity index (χ0n) is 10.5. The molecular weight excluding hydrogens is 232 g/mol. The summed E-state index contributed by atoms with van der Waals surface area (Å²) in [6, 6.07) is 8.97. The average Bonchev–Trinajstić information content (AvgIpc) is 2.41. The molecule has 1 rings (SSSR count). The SMILES string of the molecule is COC(CNC(=O)c1ccc(CC#N)cc1)OC. The van der Waals surface area contributed by atoms with Crippen LogP contribution < -0.4 is 5.32 Å². The molecule has 0 aliphatic heterocycles. The van der Waals surface area contributed by atoms with Gasteiger partial charge in [-0.05, 0) is 17.7 Å². The van der Waals surface area contributed by atoms with Crippen molar-refractivity contribution in [3.05, 3.63) is 35.4 Å². The minimum absolute atomic E-state index is 0.197. The summed E-state index contributed by atoms with van der Waals surface area (Å²) < 4.78 is 9.93. The van der Waals surface area contributed by atoms with Gasteiger partial charge in [0.25, 0.3) is 5.91 Å². The molecule has 1 amide bonds. The standard InChI is InChI=1S/C13H16N2O3/c1-17-12(18-2)9-15-13(16)11-5-3-10(4-6-11)7-8-14/h3-6,12H,7,9H2,1-2H3,(H,15,16). The van der Waals surface area contributed by atoms with E-state index in [0.717, 1.165) is 5.56 Å². The Balaban J connectivity index is 2.54. The molecule has 0 atom stereocenters. The predicted octanol–water partition coefficient (Wildman–Crippen LogP) is 1.10. The third-order valence-corrected chi connectivity index (χ3v) is 2.45. The Hall–Kier alpha value is -1.90. The van der Waals surface area contributed by atoms with Crippen molar-refractivity contribution in [1.29, 1.82) is 5.26 Å². The number of hydrogen-bond acceptors (Lipinski definition) is 4. The number of nitriles is 1. The molecule has 0 bridgehead atoms. The van der Waals surface area contributed by atoms with E-state index in [1.165, 1.54) is 14.2 Å². The number of methoxy groups -OCH3 is 2. The second-order valence-corrected chi connectivity index (χ2v) is 3.64. The van der Waals surface area contributed by atoms with Crippen LogP contribution in [0.25, 0.3) is 0 Å². The van der Waals surface area contributed by atoms with Crippen molar-refractivity contribution in [3.63, 3.8) is 0 Å². The molecule has 0 aromatic heterocycles. The van der Waals surface area contributed by atoms with Crippen LogP contribution in [0, 0.1) is 11.3 Å². The van der Waals surface area contributed by atoms with Crippen LogP contribution in [-0.2, 0) is 15.9 Å². The number of carbonyl (C=O) groups is 1. The molecule has 0 aliphatic rings. The summed E-state index contributed by atoms with van der Waals surface area (Å²) in [6.45, 7) is 0.284. The maximum atomic E-state index is 11.8. The van der Waals surface area contributed by atoms with Gasteiger partial charge >= 0.3 is 0 Å². The van der Waals surface area contributed by atoms with E-state index in [9.17, 15) is 4.79 Å². The van der Waals surface area contributed by atoms with E-state index in [0.29, 0.717) is 12.0 Å². The predicted molar refractivity (Wildman–Crippen MR) is 65.9 cm³/mol. The van der Waals surface area contributed by atoms with Gasteiger partial charge in [-0.15, -0.1) is 0 Å². The monoisotopic (exact) mass is 248 g/mol. The molecule has 18 heavy (non-hydrogen) atoms. The first-order chi connectivity index (χ1) is 8.71. The maximum Gasteiger partial charge on any atom is 0.251 e. The van der Waals surface area contributed by atoms with Crippen LogP contribution in [0.4, 0.5) is 0 Å². The molecule has 5 heteroatoms. The van der Waals surface area contributed by atoms with E-state index in [4.69, 9.17) is 14.7 Å². The van der Waals surface area contributed by atoms with Crippen molar-refractivity contribution in [3.8, 4) is 6.07 Å². The fraction of sp³-hybridized carbons (Fsp3) is 0.385. The first kappa shape index (κ1) is 14.2. The minimum Gasteiger partial charge on any atom is -0.354 e. The highest BCUT2D eigenvalue weighted by Crippen LogP contribution is 2.05. The summed E-state index contributed by atoms with van der Waals surface area (Å²) in [7, 11) is 3.02. The van der Waals surface area contributed by atoms with E-state index in [1.807, 2.05) is 0 Å². The number of ether oxygens (including phenoxy) is 2. The van der Waals surface area contributed by atoms with E-state index < -0.39 is 6.29 Å². The van der Waals surface area contributed by atoms with Crippen LogP contribution in [-0.4, -0.2) is 33.0 Å². The first-order valence-corrected chi connectivity index (χ1v) is 5.51. The lowest BCUT2D eigenvalue weighted by atomic mass is 10.1. The Morgan fingerprint density at radius 3 is 2.44 bits per heavy atom. The number of hydrogen-bond donors (Lipinski definition) is 1. The zero-order chi connectivity index (χ0) is 13.4. The van der Waals surface area contributed by atoms with Gasteiger partial charge in [-0.3, -0.25) is 4.79 Å². The van der Waals surface area contributed by atoms with Crippen molar-refractivity contribution in [2.24, 2.45) is 0 Å². The van der Waals surface area contributed by atoms with E-state index >= 15 is 0 Å². The Morgan fingerprint density at radius 2 is 1.94 bits per heavy atom. The Bertz CT molecular complexity index is 419. The number of rotatable bonds is 6. The minimum atomic E-state index is -0.452.